The van der Waals surface area contributed by atoms with Gasteiger partial charge in [-0.25, -0.2) is 0 Å². The van der Waals surface area contributed by atoms with Crippen molar-refractivity contribution in [3.8, 4) is 0 Å². The zero-order chi connectivity index (χ0) is 37.7. The Labute approximate surface area is 317 Å². The van der Waals surface area contributed by atoms with Gasteiger partial charge in [-0.1, -0.05) is 145 Å². The molecular weight excluding hydrogens is 634 g/mol. The minimum absolute atomic E-state index is 0.00345. The highest BCUT2D eigenvalue weighted by Gasteiger charge is 2.21. The molecule has 1 rings (SSSR count). The van der Waals surface area contributed by atoms with Gasteiger partial charge in [-0.05, 0) is 74.0 Å². The molecule has 302 valence electrons. The molecule has 0 aromatic heterocycles. The fourth-order valence-electron chi connectivity index (χ4n) is 7.38. The first kappa shape index (κ1) is 47.9. The summed E-state index contributed by atoms with van der Waals surface area (Å²) in [7, 11) is 0. The molecule has 0 aromatic rings. The van der Waals surface area contributed by atoms with Crippen LogP contribution in [-0.2, 0) is 23.8 Å². The van der Waals surface area contributed by atoms with Gasteiger partial charge in [0.1, 0.15) is 0 Å². The number of unbranched alkanes of at least 4 members (excludes halogenated alkanes) is 12. The second kappa shape index (κ2) is 31.2. The molecule has 2 atom stereocenters. The van der Waals surface area contributed by atoms with E-state index in [4.69, 9.17) is 14.2 Å². The Hall–Kier alpha value is -1.14. The third-order valence-electron chi connectivity index (χ3n) is 11.4. The third-order valence-corrected chi connectivity index (χ3v) is 11.4. The first-order valence-corrected chi connectivity index (χ1v) is 22.1. The van der Waals surface area contributed by atoms with Crippen LogP contribution in [0.2, 0.25) is 0 Å². The molecule has 0 amide bonds. The summed E-state index contributed by atoms with van der Waals surface area (Å²) in [6.45, 7) is 23.1. The highest BCUT2D eigenvalue weighted by atomic mass is 16.5. The van der Waals surface area contributed by atoms with Gasteiger partial charge in [0.25, 0.3) is 0 Å². The zero-order valence-corrected chi connectivity index (χ0v) is 35.3. The Morgan fingerprint density at radius 1 is 0.490 bits per heavy atom. The first-order chi connectivity index (χ1) is 24.5. The van der Waals surface area contributed by atoms with Crippen molar-refractivity contribution in [2.24, 2.45) is 35.5 Å². The summed E-state index contributed by atoms with van der Waals surface area (Å²) in [5.41, 5.74) is 0. The number of hydrogen-bond donors (Lipinski definition) is 0. The van der Waals surface area contributed by atoms with Gasteiger partial charge in [-0.15, -0.1) is 0 Å². The van der Waals surface area contributed by atoms with Crippen molar-refractivity contribution in [3.63, 3.8) is 0 Å². The van der Waals surface area contributed by atoms with E-state index < -0.39 is 0 Å². The number of carbonyl (C=O) groups excluding carboxylic acids is 2. The number of carbonyl (C=O) groups is 2. The Bertz CT molecular complexity index is 763. The lowest BCUT2D eigenvalue weighted by molar-refractivity contribution is -0.146. The maximum absolute atomic E-state index is 12.3. The summed E-state index contributed by atoms with van der Waals surface area (Å²) in [4.78, 5) is 27.3. The summed E-state index contributed by atoms with van der Waals surface area (Å²) in [5.74, 6) is 3.49. The quantitative estimate of drug-likeness (QED) is 0.0496. The Morgan fingerprint density at radius 2 is 0.843 bits per heavy atom. The van der Waals surface area contributed by atoms with E-state index in [2.05, 4.69) is 60.3 Å². The van der Waals surface area contributed by atoms with Crippen molar-refractivity contribution in [3.05, 3.63) is 0 Å². The van der Waals surface area contributed by atoms with Crippen LogP contribution in [0.5, 0.6) is 0 Å². The molecule has 2 unspecified atom stereocenters. The summed E-state index contributed by atoms with van der Waals surface area (Å²) in [5, 5.41) is 0. The summed E-state index contributed by atoms with van der Waals surface area (Å²) >= 11 is 0. The largest absolute Gasteiger partial charge is 0.465 e. The Morgan fingerprint density at radius 3 is 1.20 bits per heavy atom. The van der Waals surface area contributed by atoms with Crippen LogP contribution in [0.15, 0.2) is 0 Å². The van der Waals surface area contributed by atoms with E-state index in [0.717, 1.165) is 64.8 Å². The third kappa shape index (κ3) is 27.2. The molecule has 6 nitrogen and oxygen atoms in total. The van der Waals surface area contributed by atoms with Gasteiger partial charge in [0.05, 0.1) is 26.4 Å². The maximum Gasteiger partial charge on any atom is 0.305 e. The smallest absolute Gasteiger partial charge is 0.305 e. The average Bonchev–Trinajstić information content (AvgIpc) is 3.08. The van der Waals surface area contributed by atoms with Crippen LogP contribution in [0.3, 0.4) is 0 Å². The molecule has 1 saturated heterocycles. The van der Waals surface area contributed by atoms with Gasteiger partial charge in [-0.3, -0.25) is 14.5 Å². The number of ether oxygens (including phenoxy) is 3. The van der Waals surface area contributed by atoms with Gasteiger partial charge < -0.3 is 14.2 Å². The number of nitrogens with zero attached hydrogens (tertiary/aromatic N) is 1. The van der Waals surface area contributed by atoms with Crippen molar-refractivity contribution in [2.45, 2.75) is 203 Å². The zero-order valence-electron chi connectivity index (χ0n) is 35.3. The normalized spacial score (nSPS) is 15.9. The molecule has 0 aromatic carbocycles. The molecule has 0 spiro atoms. The van der Waals surface area contributed by atoms with Crippen LogP contribution in [-0.4, -0.2) is 62.4 Å². The standard InChI is InChI=1S/C45H87NO5/c1-37(2)27-29-41(39(5)6)35-50-44(47)25-21-17-13-9-11-15-19-23-43(46-31-33-49-34-32-46)24-20-16-12-10-14-18-22-26-45(48)51-36-42(40(7)8)30-28-38(3)4/h37-43H,9-36H2,1-8H3. The number of esters is 2. The highest BCUT2D eigenvalue weighted by molar-refractivity contribution is 5.69. The molecule has 0 saturated carbocycles. The summed E-state index contributed by atoms with van der Waals surface area (Å²) in [6, 6.07) is 0.701. The highest BCUT2D eigenvalue weighted by Crippen LogP contribution is 2.23. The predicted octanol–water partition coefficient (Wildman–Crippen LogP) is 12.2. The van der Waals surface area contributed by atoms with E-state index in [1.165, 1.54) is 89.9 Å². The van der Waals surface area contributed by atoms with Crippen molar-refractivity contribution < 1.29 is 23.8 Å². The van der Waals surface area contributed by atoms with E-state index in [0.29, 0.717) is 67.6 Å². The summed E-state index contributed by atoms with van der Waals surface area (Å²) in [6.07, 6.45) is 25.6. The van der Waals surface area contributed by atoms with Crippen molar-refractivity contribution in [1.82, 2.24) is 4.90 Å². The molecule has 0 N–H and O–H groups in total. The molecule has 51 heavy (non-hydrogen) atoms. The lowest BCUT2D eigenvalue weighted by Gasteiger charge is -2.34. The van der Waals surface area contributed by atoms with Crippen molar-refractivity contribution in [1.29, 1.82) is 0 Å². The van der Waals surface area contributed by atoms with E-state index in [9.17, 15) is 9.59 Å². The fourth-order valence-corrected chi connectivity index (χ4v) is 7.38. The van der Waals surface area contributed by atoms with Crippen LogP contribution in [0, 0.1) is 35.5 Å². The van der Waals surface area contributed by atoms with Crippen LogP contribution < -0.4 is 0 Å². The molecule has 1 aliphatic heterocycles. The van der Waals surface area contributed by atoms with Gasteiger partial charge in [-0.2, -0.15) is 0 Å². The molecule has 1 heterocycles. The molecule has 1 aliphatic rings. The van der Waals surface area contributed by atoms with Gasteiger partial charge in [0.2, 0.25) is 0 Å². The van der Waals surface area contributed by atoms with Crippen molar-refractivity contribution in [2.75, 3.05) is 39.5 Å². The van der Waals surface area contributed by atoms with Crippen LogP contribution in [0.1, 0.15) is 197 Å². The topological polar surface area (TPSA) is 65.1 Å². The predicted molar refractivity (Wildman–Crippen MR) is 216 cm³/mol. The van der Waals surface area contributed by atoms with Crippen LogP contribution >= 0.6 is 0 Å². The molecular formula is C45H87NO5. The van der Waals surface area contributed by atoms with Crippen LogP contribution in [0.4, 0.5) is 0 Å². The molecule has 6 heteroatoms. The SMILES string of the molecule is CC(C)CCC(COC(=O)CCCCCCCCCC(CCCCCCCCCC(=O)OCC(CCC(C)C)C(C)C)N1CCOCC1)C(C)C. The minimum Gasteiger partial charge on any atom is -0.465 e. The lowest BCUT2D eigenvalue weighted by Crippen LogP contribution is -2.43. The van der Waals surface area contributed by atoms with Crippen molar-refractivity contribution >= 4 is 11.9 Å². The molecule has 0 aliphatic carbocycles. The van der Waals surface area contributed by atoms with E-state index in [1.807, 2.05) is 0 Å². The average molecular weight is 722 g/mol. The molecule has 1 fully saturated rings. The number of hydrogen-bond acceptors (Lipinski definition) is 6. The minimum atomic E-state index is -0.00345. The summed E-state index contributed by atoms with van der Waals surface area (Å²) < 4.78 is 17.0. The second-order valence-electron chi connectivity index (χ2n) is 17.6. The van der Waals surface area contributed by atoms with Gasteiger partial charge in [0.15, 0.2) is 0 Å². The maximum atomic E-state index is 12.3. The Balaban J connectivity index is 2.12. The second-order valence-corrected chi connectivity index (χ2v) is 17.6. The molecule has 0 bridgehead atoms. The van der Waals surface area contributed by atoms with Crippen LogP contribution in [0.25, 0.3) is 0 Å². The van der Waals surface area contributed by atoms with Gasteiger partial charge >= 0.3 is 11.9 Å². The lowest BCUT2D eigenvalue weighted by atomic mass is 9.89. The number of rotatable bonds is 33. The monoisotopic (exact) mass is 722 g/mol. The van der Waals surface area contributed by atoms with E-state index in [-0.39, 0.29) is 11.9 Å². The molecule has 0 radical (unpaired) electrons. The Kier molecular flexibility index (Phi) is 29.3. The van der Waals surface area contributed by atoms with Gasteiger partial charge in [0, 0.05) is 32.0 Å². The number of morpholine rings is 1. The van der Waals surface area contributed by atoms with E-state index in [1.54, 1.807) is 0 Å². The van der Waals surface area contributed by atoms with E-state index >= 15 is 0 Å². The fraction of sp³-hybridized carbons (Fsp3) is 0.956. The first-order valence-electron chi connectivity index (χ1n) is 22.1.